The standard InChI is InChI=1S/C25H29NO4S/c1-26(17-20(27)18-30-22-14-12-21(28-2)13-15-22)16-19-8-4-6-10-24(19)31-25-11-7-5-9-23(25)29-3/h4-15,20,27H,16-18H2,1-3H3. The summed E-state index contributed by atoms with van der Waals surface area (Å²) in [5, 5.41) is 10.4. The Hall–Kier alpha value is -2.67. The SMILES string of the molecule is COc1ccc(OCC(O)CN(C)Cc2ccccc2Sc2ccccc2OC)cc1. The molecule has 0 amide bonds. The van der Waals surface area contributed by atoms with Crippen LogP contribution < -0.4 is 14.2 Å². The van der Waals surface area contributed by atoms with Crippen LogP contribution >= 0.6 is 11.8 Å². The number of methoxy groups -OCH3 is 2. The lowest BCUT2D eigenvalue weighted by molar-refractivity contribution is 0.0742. The van der Waals surface area contributed by atoms with Crippen LogP contribution in [0.5, 0.6) is 17.2 Å². The molecule has 0 aliphatic rings. The number of para-hydroxylation sites is 1. The largest absolute Gasteiger partial charge is 0.497 e. The summed E-state index contributed by atoms with van der Waals surface area (Å²) >= 11 is 1.69. The first kappa shape index (κ1) is 23.0. The van der Waals surface area contributed by atoms with Crippen LogP contribution in [0.4, 0.5) is 0 Å². The Morgan fingerprint density at radius 3 is 2.19 bits per heavy atom. The molecular weight excluding hydrogens is 410 g/mol. The summed E-state index contributed by atoms with van der Waals surface area (Å²) in [6.45, 7) is 1.45. The van der Waals surface area contributed by atoms with E-state index in [-0.39, 0.29) is 6.61 Å². The van der Waals surface area contributed by atoms with E-state index in [1.807, 2.05) is 61.6 Å². The molecule has 0 aliphatic carbocycles. The van der Waals surface area contributed by atoms with Crippen LogP contribution in [0.1, 0.15) is 5.56 Å². The summed E-state index contributed by atoms with van der Waals surface area (Å²) in [7, 11) is 5.32. The molecular formula is C25H29NO4S. The lowest BCUT2D eigenvalue weighted by Gasteiger charge is -2.22. The van der Waals surface area contributed by atoms with Gasteiger partial charge in [0.2, 0.25) is 0 Å². The maximum absolute atomic E-state index is 10.4. The van der Waals surface area contributed by atoms with E-state index < -0.39 is 6.10 Å². The van der Waals surface area contributed by atoms with Crippen molar-refractivity contribution in [1.82, 2.24) is 4.90 Å². The smallest absolute Gasteiger partial charge is 0.132 e. The predicted octanol–water partition coefficient (Wildman–Crippen LogP) is 4.73. The van der Waals surface area contributed by atoms with E-state index in [2.05, 4.69) is 23.1 Å². The van der Waals surface area contributed by atoms with Gasteiger partial charge in [0.1, 0.15) is 30.0 Å². The fourth-order valence-corrected chi connectivity index (χ4v) is 4.23. The first-order valence-electron chi connectivity index (χ1n) is 10.1. The van der Waals surface area contributed by atoms with Gasteiger partial charge < -0.3 is 19.3 Å². The number of likely N-dealkylation sites (N-methyl/N-ethyl adjacent to an activating group) is 1. The van der Waals surface area contributed by atoms with Crippen molar-refractivity contribution in [2.45, 2.75) is 22.4 Å². The molecule has 0 saturated heterocycles. The zero-order valence-electron chi connectivity index (χ0n) is 18.2. The van der Waals surface area contributed by atoms with E-state index in [0.29, 0.717) is 12.3 Å². The Balaban J connectivity index is 1.55. The molecule has 5 nitrogen and oxygen atoms in total. The maximum Gasteiger partial charge on any atom is 0.132 e. The Kier molecular flexibility index (Phi) is 8.64. The summed E-state index contributed by atoms with van der Waals surface area (Å²) in [5.41, 5.74) is 1.20. The number of hydrogen-bond acceptors (Lipinski definition) is 6. The van der Waals surface area contributed by atoms with Gasteiger partial charge >= 0.3 is 0 Å². The van der Waals surface area contributed by atoms with Crippen molar-refractivity contribution in [3.05, 3.63) is 78.4 Å². The Bertz CT molecular complexity index is 948. The van der Waals surface area contributed by atoms with E-state index in [9.17, 15) is 5.11 Å². The van der Waals surface area contributed by atoms with E-state index in [1.54, 1.807) is 26.0 Å². The van der Waals surface area contributed by atoms with Gasteiger partial charge in [-0.3, -0.25) is 4.90 Å². The molecule has 0 bridgehead atoms. The predicted molar refractivity (Wildman–Crippen MR) is 124 cm³/mol. The Morgan fingerprint density at radius 2 is 1.48 bits per heavy atom. The molecule has 1 atom stereocenters. The minimum Gasteiger partial charge on any atom is -0.497 e. The molecule has 31 heavy (non-hydrogen) atoms. The van der Waals surface area contributed by atoms with Crippen molar-refractivity contribution in [3.8, 4) is 17.2 Å². The molecule has 1 unspecified atom stereocenters. The highest BCUT2D eigenvalue weighted by Crippen LogP contribution is 2.36. The molecule has 0 fully saturated rings. The third-order valence-electron chi connectivity index (χ3n) is 4.73. The van der Waals surface area contributed by atoms with Gasteiger partial charge in [-0.25, -0.2) is 0 Å². The van der Waals surface area contributed by atoms with E-state index >= 15 is 0 Å². The lowest BCUT2D eigenvalue weighted by atomic mass is 10.2. The molecule has 3 aromatic rings. The van der Waals surface area contributed by atoms with Gasteiger partial charge in [0.15, 0.2) is 0 Å². The zero-order chi connectivity index (χ0) is 22.1. The highest BCUT2D eigenvalue weighted by atomic mass is 32.2. The van der Waals surface area contributed by atoms with E-state index in [0.717, 1.165) is 22.9 Å². The normalized spacial score (nSPS) is 11.9. The number of benzene rings is 3. The summed E-state index contributed by atoms with van der Waals surface area (Å²) < 4.78 is 16.3. The molecule has 0 heterocycles. The number of rotatable bonds is 11. The van der Waals surface area contributed by atoms with Gasteiger partial charge in [-0.1, -0.05) is 42.1 Å². The molecule has 0 aliphatic heterocycles. The average Bonchev–Trinajstić information content (AvgIpc) is 2.79. The van der Waals surface area contributed by atoms with Gasteiger partial charge in [-0.2, -0.15) is 0 Å². The number of hydrogen-bond donors (Lipinski definition) is 1. The average molecular weight is 440 g/mol. The Morgan fingerprint density at radius 1 is 0.839 bits per heavy atom. The maximum atomic E-state index is 10.4. The van der Waals surface area contributed by atoms with Crippen LogP contribution in [-0.4, -0.2) is 50.5 Å². The summed E-state index contributed by atoms with van der Waals surface area (Å²) in [4.78, 5) is 4.35. The highest BCUT2D eigenvalue weighted by molar-refractivity contribution is 7.99. The fourth-order valence-electron chi connectivity index (χ4n) is 3.19. The van der Waals surface area contributed by atoms with Crippen molar-refractivity contribution < 1.29 is 19.3 Å². The van der Waals surface area contributed by atoms with Crippen LogP contribution in [0, 0.1) is 0 Å². The minimum absolute atomic E-state index is 0.230. The van der Waals surface area contributed by atoms with Crippen LogP contribution in [-0.2, 0) is 6.54 Å². The quantitative estimate of drug-likeness (QED) is 0.466. The van der Waals surface area contributed by atoms with Gasteiger partial charge in [0.25, 0.3) is 0 Å². The molecule has 6 heteroatoms. The molecule has 3 aromatic carbocycles. The number of nitrogens with zero attached hydrogens (tertiary/aromatic N) is 1. The Labute approximate surface area is 188 Å². The van der Waals surface area contributed by atoms with Crippen LogP contribution in [0.15, 0.2) is 82.6 Å². The van der Waals surface area contributed by atoms with Crippen molar-refractivity contribution in [2.24, 2.45) is 0 Å². The third kappa shape index (κ3) is 6.92. The van der Waals surface area contributed by atoms with Crippen molar-refractivity contribution >= 4 is 11.8 Å². The molecule has 164 valence electrons. The monoisotopic (exact) mass is 439 g/mol. The van der Waals surface area contributed by atoms with Gasteiger partial charge in [0.05, 0.1) is 19.1 Å². The molecule has 0 aromatic heterocycles. The van der Waals surface area contributed by atoms with Crippen LogP contribution in [0.3, 0.4) is 0 Å². The molecule has 0 radical (unpaired) electrons. The fraction of sp³-hybridized carbons (Fsp3) is 0.280. The summed E-state index contributed by atoms with van der Waals surface area (Å²) in [6, 6.07) is 23.7. The molecule has 3 rings (SSSR count). The van der Waals surface area contributed by atoms with E-state index in [1.165, 1.54) is 10.5 Å². The minimum atomic E-state index is -0.596. The third-order valence-corrected chi connectivity index (χ3v) is 5.90. The highest BCUT2D eigenvalue weighted by Gasteiger charge is 2.13. The summed E-state index contributed by atoms with van der Waals surface area (Å²) in [6.07, 6.45) is -0.596. The first-order valence-corrected chi connectivity index (χ1v) is 10.9. The van der Waals surface area contributed by atoms with Crippen molar-refractivity contribution in [1.29, 1.82) is 0 Å². The van der Waals surface area contributed by atoms with Crippen LogP contribution in [0.25, 0.3) is 0 Å². The lowest BCUT2D eigenvalue weighted by Crippen LogP contribution is -2.32. The van der Waals surface area contributed by atoms with E-state index in [4.69, 9.17) is 14.2 Å². The second-order valence-corrected chi connectivity index (χ2v) is 8.28. The number of aliphatic hydroxyl groups is 1. The summed E-state index contributed by atoms with van der Waals surface area (Å²) in [5.74, 6) is 2.35. The second kappa shape index (κ2) is 11.6. The van der Waals surface area contributed by atoms with Crippen molar-refractivity contribution in [3.63, 3.8) is 0 Å². The van der Waals surface area contributed by atoms with Gasteiger partial charge in [-0.05, 0) is 55.1 Å². The van der Waals surface area contributed by atoms with Crippen molar-refractivity contribution in [2.75, 3.05) is 34.4 Å². The number of ether oxygens (including phenoxy) is 3. The topological polar surface area (TPSA) is 51.2 Å². The van der Waals surface area contributed by atoms with Gasteiger partial charge in [0, 0.05) is 18.0 Å². The molecule has 1 N–H and O–H groups in total. The molecule has 0 spiro atoms. The first-order chi connectivity index (χ1) is 15.1. The molecule has 0 saturated carbocycles. The van der Waals surface area contributed by atoms with Gasteiger partial charge in [-0.15, -0.1) is 0 Å². The second-order valence-electron chi connectivity index (χ2n) is 7.20. The number of aliphatic hydroxyl groups excluding tert-OH is 1. The zero-order valence-corrected chi connectivity index (χ0v) is 19.0. The van der Waals surface area contributed by atoms with Crippen LogP contribution in [0.2, 0.25) is 0 Å².